The molecule has 0 spiro atoms. The van der Waals surface area contributed by atoms with E-state index >= 15 is 0 Å². The third-order valence-electron chi connectivity index (χ3n) is 1.82. The van der Waals surface area contributed by atoms with Crippen molar-refractivity contribution < 1.29 is 8.78 Å². The number of nitrogens with two attached hydrogens (primary N) is 1. The van der Waals surface area contributed by atoms with E-state index in [4.69, 9.17) is 5.73 Å². The summed E-state index contributed by atoms with van der Waals surface area (Å²) >= 11 is 3.20. The van der Waals surface area contributed by atoms with Gasteiger partial charge in [0.05, 0.1) is 4.47 Å². The molecule has 0 saturated carbocycles. The largest absolute Gasteiger partial charge is 0.381 e. The normalized spacial score (nSPS) is 13.5. The number of aromatic nitrogens is 2. The summed E-state index contributed by atoms with van der Waals surface area (Å²) in [4.78, 5) is 0. The van der Waals surface area contributed by atoms with Crippen LogP contribution >= 0.6 is 15.9 Å². The van der Waals surface area contributed by atoms with Gasteiger partial charge in [-0.1, -0.05) is 6.92 Å². The van der Waals surface area contributed by atoms with Crippen LogP contribution in [0.5, 0.6) is 0 Å². The minimum Gasteiger partial charge on any atom is -0.381 e. The molecule has 0 aliphatic carbocycles. The van der Waals surface area contributed by atoms with Gasteiger partial charge < -0.3 is 5.73 Å². The van der Waals surface area contributed by atoms with Crippen LogP contribution in [0.25, 0.3) is 0 Å². The molecule has 0 fully saturated rings. The van der Waals surface area contributed by atoms with Crippen LogP contribution in [0, 0.1) is 5.92 Å². The summed E-state index contributed by atoms with van der Waals surface area (Å²) in [7, 11) is 0. The van der Waals surface area contributed by atoms with Gasteiger partial charge in [-0.15, -0.1) is 0 Å². The van der Waals surface area contributed by atoms with E-state index in [9.17, 15) is 8.78 Å². The predicted octanol–water partition coefficient (Wildman–Crippen LogP) is 2.52. The third kappa shape index (κ3) is 3.25. The Bertz CT molecular complexity index is 281. The second-order valence-corrected chi connectivity index (χ2v) is 4.17. The Hall–Kier alpha value is -0.650. The fourth-order valence-electron chi connectivity index (χ4n) is 1.20. The third-order valence-corrected chi connectivity index (χ3v) is 2.43. The zero-order valence-corrected chi connectivity index (χ0v) is 9.34. The number of rotatable bonds is 4. The van der Waals surface area contributed by atoms with Gasteiger partial charge >= 0.3 is 0 Å². The highest BCUT2D eigenvalue weighted by molar-refractivity contribution is 9.10. The zero-order chi connectivity index (χ0) is 10.7. The topological polar surface area (TPSA) is 43.8 Å². The lowest BCUT2D eigenvalue weighted by Gasteiger charge is -2.09. The first-order chi connectivity index (χ1) is 6.49. The van der Waals surface area contributed by atoms with Crippen molar-refractivity contribution in [2.45, 2.75) is 26.3 Å². The van der Waals surface area contributed by atoms with E-state index < -0.39 is 6.43 Å². The van der Waals surface area contributed by atoms with Gasteiger partial charge in [0.1, 0.15) is 0 Å². The first-order valence-electron chi connectivity index (χ1n) is 4.25. The maximum absolute atomic E-state index is 12.0. The Kier molecular flexibility index (Phi) is 3.86. The molecule has 0 bridgehead atoms. The lowest BCUT2D eigenvalue weighted by Crippen LogP contribution is -2.11. The first-order valence-corrected chi connectivity index (χ1v) is 5.05. The zero-order valence-electron chi connectivity index (χ0n) is 7.75. The SMILES string of the molecule is CC(CC(F)F)Cn1cc(Br)c(N)n1. The maximum atomic E-state index is 12.0. The highest BCUT2D eigenvalue weighted by atomic mass is 79.9. The molecule has 2 N–H and O–H groups in total. The smallest absolute Gasteiger partial charge is 0.239 e. The van der Waals surface area contributed by atoms with Crippen molar-refractivity contribution in [2.75, 3.05) is 5.73 Å². The molecular weight excluding hydrogens is 256 g/mol. The highest BCUT2D eigenvalue weighted by Crippen LogP contribution is 2.18. The van der Waals surface area contributed by atoms with Gasteiger partial charge in [0.2, 0.25) is 6.43 Å². The summed E-state index contributed by atoms with van der Waals surface area (Å²) in [5.74, 6) is 0.274. The number of hydrogen-bond acceptors (Lipinski definition) is 2. The number of nitrogens with zero attached hydrogens (tertiary/aromatic N) is 2. The van der Waals surface area contributed by atoms with Gasteiger partial charge in [0.15, 0.2) is 5.82 Å². The molecule has 0 aliphatic heterocycles. The molecule has 1 aromatic rings. The van der Waals surface area contributed by atoms with E-state index in [0.29, 0.717) is 16.8 Å². The fraction of sp³-hybridized carbons (Fsp3) is 0.625. The van der Waals surface area contributed by atoms with E-state index in [-0.39, 0.29) is 12.3 Å². The summed E-state index contributed by atoms with van der Waals surface area (Å²) in [6.45, 7) is 2.22. The predicted molar refractivity (Wildman–Crippen MR) is 54.1 cm³/mol. The Morgan fingerprint density at radius 2 is 2.29 bits per heavy atom. The molecular formula is C8H12BrF2N3. The minimum atomic E-state index is -2.26. The number of halogens is 3. The van der Waals surface area contributed by atoms with Crippen LogP contribution < -0.4 is 5.73 Å². The van der Waals surface area contributed by atoms with Gasteiger partial charge in [-0.05, 0) is 21.8 Å². The lowest BCUT2D eigenvalue weighted by atomic mass is 10.1. The van der Waals surface area contributed by atoms with Crippen LogP contribution in [0.15, 0.2) is 10.7 Å². The summed E-state index contributed by atoms with van der Waals surface area (Å²) in [6.07, 6.45) is -0.685. The van der Waals surface area contributed by atoms with Crippen molar-refractivity contribution in [2.24, 2.45) is 5.92 Å². The Balaban J connectivity index is 2.51. The van der Waals surface area contributed by atoms with E-state index in [1.807, 2.05) is 0 Å². The van der Waals surface area contributed by atoms with Gasteiger partial charge in [0, 0.05) is 19.2 Å². The molecule has 14 heavy (non-hydrogen) atoms. The molecule has 0 aliphatic rings. The summed E-state index contributed by atoms with van der Waals surface area (Å²) in [5, 5.41) is 3.96. The van der Waals surface area contributed by atoms with E-state index in [2.05, 4.69) is 21.0 Å². The van der Waals surface area contributed by atoms with E-state index in [1.54, 1.807) is 17.8 Å². The lowest BCUT2D eigenvalue weighted by molar-refractivity contribution is 0.113. The summed E-state index contributed by atoms with van der Waals surface area (Å²) in [5.41, 5.74) is 5.49. The van der Waals surface area contributed by atoms with E-state index in [0.717, 1.165) is 0 Å². The Labute approximate surface area is 89.4 Å². The van der Waals surface area contributed by atoms with Crippen LogP contribution in [0.2, 0.25) is 0 Å². The molecule has 80 valence electrons. The molecule has 0 radical (unpaired) electrons. The van der Waals surface area contributed by atoms with Crippen molar-refractivity contribution >= 4 is 21.7 Å². The standard InChI is InChI=1S/C8H12BrF2N3/c1-5(2-7(10)11)3-14-4-6(9)8(12)13-14/h4-5,7H,2-3H2,1H3,(H2,12,13). The van der Waals surface area contributed by atoms with Gasteiger partial charge in [0.25, 0.3) is 0 Å². The number of anilines is 1. The van der Waals surface area contributed by atoms with Crippen molar-refractivity contribution in [1.82, 2.24) is 9.78 Å². The molecule has 1 rings (SSSR count). The van der Waals surface area contributed by atoms with Gasteiger partial charge in [-0.3, -0.25) is 4.68 Å². The maximum Gasteiger partial charge on any atom is 0.239 e. The van der Waals surface area contributed by atoms with Crippen LogP contribution in [0.3, 0.4) is 0 Å². The molecule has 3 nitrogen and oxygen atoms in total. The average molecular weight is 268 g/mol. The fourth-order valence-corrected chi connectivity index (χ4v) is 1.52. The molecule has 1 atom stereocenters. The number of hydrogen-bond donors (Lipinski definition) is 1. The number of nitrogen functional groups attached to an aromatic ring is 1. The summed E-state index contributed by atoms with van der Waals surface area (Å²) < 4.78 is 26.3. The molecule has 0 saturated heterocycles. The Morgan fingerprint density at radius 1 is 1.64 bits per heavy atom. The van der Waals surface area contributed by atoms with Gasteiger partial charge in [-0.2, -0.15) is 5.10 Å². The van der Waals surface area contributed by atoms with Crippen LogP contribution in [-0.2, 0) is 6.54 Å². The molecule has 1 heterocycles. The average Bonchev–Trinajstić information content (AvgIpc) is 2.28. The molecule has 0 amide bonds. The van der Waals surface area contributed by atoms with Gasteiger partial charge in [-0.25, -0.2) is 8.78 Å². The second-order valence-electron chi connectivity index (χ2n) is 3.32. The van der Waals surface area contributed by atoms with Crippen LogP contribution in [0.4, 0.5) is 14.6 Å². The molecule has 1 unspecified atom stereocenters. The van der Waals surface area contributed by atoms with Crippen molar-refractivity contribution in [3.05, 3.63) is 10.7 Å². The minimum absolute atomic E-state index is 0.110. The monoisotopic (exact) mass is 267 g/mol. The van der Waals surface area contributed by atoms with Crippen LogP contribution in [-0.4, -0.2) is 16.2 Å². The summed E-state index contributed by atoms with van der Waals surface area (Å²) in [6, 6.07) is 0. The first kappa shape index (κ1) is 11.4. The molecule has 6 heteroatoms. The van der Waals surface area contributed by atoms with Crippen molar-refractivity contribution in [3.63, 3.8) is 0 Å². The van der Waals surface area contributed by atoms with Crippen LogP contribution in [0.1, 0.15) is 13.3 Å². The Morgan fingerprint density at radius 3 is 2.71 bits per heavy atom. The molecule has 1 aromatic heterocycles. The van der Waals surface area contributed by atoms with Crippen molar-refractivity contribution in [3.8, 4) is 0 Å². The van der Waals surface area contributed by atoms with Crippen molar-refractivity contribution in [1.29, 1.82) is 0 Å². The second kappa shape index (κ2) is 4.72. The highest BCUT2D eigenvalue weighted by Gasteiger charge is 2.12. The van der Waals surface area contributed by atoms with E-state index in [1.165, 1.54) is 0 Å². The number of alkyl halides is 2. The quantitative estimate of drug-likeness (QED) is 0.911. The molecule has 0 aromatic carbocycles.